The number of rotatable bonds is 3. The Kier molecular flexibility index (Phi) is 4.19. The zero-order valence-electron chi connectivity index (χ0n) is 10.8. The van der Waals surface area contributed by atoms with Crippen molar-refractivity contribution in [1.29, 1.82) is 0 Å². The minimum Gasteiger partial charge on any atom is -0.467 e. The Bertz CT molecular complexity index is 492. The summed E-state index contributed by atoms with van der Waals surface area (Å²) in [5, 5.41) is 1.08. The normalized spacial score (nSPS) is 23.1. The number of ether oxygens (including phenoxy) is 2. The molecule has 1 saturated heterocycles. The second kappa shape index (κ2) is 5.57. The number of hydrogen-bond donors (Lipinski definition) is 0. The largest absolute Gasteiger partial charge is 0.467 e. The van der Waals surface area contributed by atoms with E-state index in [1.54, 1.807) is 0 Å². The monoisotopic (exact) mass is 310 g/mol. The van der Waals surface area contributed by atoms with E-state index in [1.165, 1.54) is 19.1 Å². The number of hydrogen-bond acceptors (Lipinski definition) is 6. The Morgan fingerprint density at radius 1 is 1.50 bits per heavy atom. The number of nitrogens with zero attached hydrogens (tertiary/aromatic N) is 2. The van der Waals surface area contributed by atoms with Crippen LogP contribution in [0.2, 0.25) is 0 Å². The third-order valence-corrected chi connectivity index (χ3v) is 3.98. The Balaban J connectivity index is 2.24. The number of thiazole rings is 1. The summed E-state index contributed by atoms with van der Waals surface area (Å²) in [6, 6.07) is -0.669. The van der Waals surface area contributed by atoms with Gasteiger partial charge in [0, 0.05) is 25.5 Å². The lowest BCUT2D eigenvalue weighted by Gasteiger charge is -2.21. The molecular formula is C11H13F3N2O3S. The van der Waals surface area contributed by atoms with E-state index in [-0.39, 0.29) is 11.2 Å². The molecule has 1 aromatic rings. The summed E-state index contributed by atoms with van der Waals surface area (Å²) in [5.74, 6) is -0.506. The second-order valence-corrected chi connectivity index (χ2v) is 5.13. The highest BCUT2D eigenvalue weighted by molar-refractivity contribution is 7.13. The van der Waals surface area contributed by atoms with Crippen LogP contribution in [0.1, 0.15) is 12.1 Å². The summed E-state index contributed by atoms with van der Waals surface area (Å²) in [6.07, 6.45) is -4.36. The number of carbonyl (C=O) groups excluding carboxylic acids is 1. The zero-order valence-corrected chi connectivity index (χ0v) is 11.6. The lowest BCUT2D eigenvalue weighted by Crippen LogP contribution is -2.37. The van der Waals surface area contributed by atoms with Crippen molar-refractivity contribution in [2.45, 2.75) is 24.7 Å². The molecule has 112 valence electrons. The van der Waals surface area contributed by atoms with Gasteiger partial charge in [0.05, 0.1) is 13.2 Å². The highest BCUT2D eigenvalue weighted by atomic mass is 32.1. The Labute approximate surface area is 117 Å². The quantitative estimate of drug-likeness (QED) is 0.799. The lowest BCUT2D eigenvalue weighted by atomic mass is 10.2. The van der Waals surface area contributed by atoms with Gasteiger partial charge in [-0.15, -0.1) is 11.3 Å². The molecule has 1 aliphatic rings. The predicted octanol–water partition coefficient (Wildman–Crippen LogP) is 1.93. The molecule has 1 fully saturated rings. The number of alkyl halides is 3. The standard InChI is InChI=1S/C11H13F3N2O3S/c1-18-6-3-7(9(17)19-2)16(4-6)10-15-8(5-20-10)11(12,13)14/h5-7H,3-4H2,1-2H3/t6-,7+/m0/s1. The SMILES string of the molecule is COC(=O)[C@H]1C[C@H](OC)CN1c1nc(C(F)(F)F)cs1. The molecule has 0 aromatic carbocycles. The van der Waals surface area contributed by atoms with Gasteiger partial charge in [0.1, 0.15) is 6.04 Å². The number of halogens is 3. The first-order chi connectivity index (χ1) is 9.36. The molecule has 0 amide bonds. The van der Waals surface area contributed by atoms with Crippen molar-refractivity contribution in [2.24, 2.45) is 0 Å². The van der Waals surface area contributed by atoms with Crippen LogP contribution in [0.4, 0.5) is 18.3 Å². The van der Waals surface area contributed by atoms with Gasteiger partial charge in [0.2, 0.25) is 0 Å². The van der Waals surface area contributed by atoms with E-state index in [0.717, 1.165) is 16.7 Å². The second-order valence-electron chi connectivity index (χ2n) is 4.30. The first-order valence-electron chi connectivity index (χ1n) is 5.76. The van der Waals surface area contributed by atoms with Crippen LogP contribution in [-0.4, -0.2) is 43.9 Å². The first-order valence-corrected chi connectivity index (χ1v) is 6.64. The van der Waals surface area contributed by atoms with Gasteiger partial charge >= 0.3 is 12.1 Å². The van der Waals surface area contributed by atoms with Crippen LogP contribution < -0.4 is 4.90 Å². The molecule has 0 radical (unpaired) electrons. The van der Waals surface area contributed by atoms with Crippen LogP contribution in [0.3, 0.4) is 0 Å². The van der Waals surface area contributed by atoms with Crippen LogP contribution in [0.25, 0.3) is 0 Å². The molecule has 0 saturated carbocycles. The fourth-order valence-corrected chi connectivity index (χ4v) is 2.96. The van der Waals surface area contributed by atoms with Gasteiger partial charge in [0.15, 0.2) is 10.8 Å². The summed E-state index contributed by atoms with van der Waals surface area (Å²) in [4.78, 5) is 16.8. The molecule has 5 nitrogen and oxygen atoms in total. The van der Waals surface area contributed by atoms with E-state index in [9.17, 15) is 18.0 Å². The van der Waals surface area contributed by atoms with E-state index in [2.05, 4.69) is 9.72 Å². The molecule has 2 atom stereocenters. The molecule has 0 unspecified atom stereocenters. The minimum atomic E-state index is -4.49. The van der Waals surface area contributed by atoms with Gasteiger partial charge in [-0.25, -0.2) is 9.78 Å². The fraction of sp³-hybridized carbons (Fsp3) is 0.636. The number of anilines is 1. The van der Waals surface area contributed by atoms with Crippen LogP contribution in [0, 0.1) is 0 Å². The highest BCUT2D eigenvalue weighted by Crippen LogP contribution is 2.35. The van der Waals surface area contributed by atoms with E-state index in [1.807, 2.05) is 0 Å². The van der Waals surface area contributed by atoms with Gasteiger partial charge < -0.3 is 14.4 Å². The third-order valence-electron chi connectivity index (χ3n) is 3.10. The van der Waals surface area contributed by atoms with Crippen LogP contribution in [-0.2, 0) is 20.4 Å². The molecule has 1 aromatic heterocycles. The Morgan fingerprint density at radius 3 is 2.70 bits per heavy atom. The van der Waals surface area contributed by atoms with E-state index in [4.69, 9.17) is 4.74 Å². The predicted molar refractivity (Wildman–Crippen MR) is 65.7 cm³/mol. The van der Waals surface area contributed by atoms with Gasteiger partial charge in [-0.1, -0.05) is 0 Å². The maximum atomic E-state index is 12.6. The first kappa shape index (κ1) is 15.0. The highest BCUT2D eigenvalue weighted by Gasteiger charge is 2.41. The molecule has 1 aliphatic heterocycles. The topological polar surface area (TPSA) is 51.7 Å². The summed E-state index contributed by atoms with van der Waals surface area (Å²) >= 11 is 0.849. The van der Waals surface area contributed by atoms with E-state index in [0.29, 0.717) is 13.0 Å². The molecule has 0 spiro atoms. The van der Waals surface area contributed by atoms with E-state index < -0.39 is 23.9 Å². The number of methoxy groups -OCH3 is 2. The van der Waals surface area contributed by atoms with Crippen molar-refractivity contribution in [2.75, 3.05) is 25.7 Å². The van der Waals surface area contributed by atoms with Crippen molar-refractivity contribution in [3.05, 3.63) is 11.1 Å². The number of aromatic nitrogens is 1. The molecular weight excluding hydrogens is 297 g/mol. The maximum Gasteiger partial charge on any atom is 0.434 e. The van der Waals surface area contributed by atoms with Gasteiger partial charge in [-0.3, -0.25) is 0 Å². The van der Waals surface area contributed by atoms with E-state index >= 15 is 0 Å². The van der Waals surface area contributed by atoms with Gasteiger partial charge in [0.25, 0.3) is 0 Å². The van der Waals surface area contributed by atoms with Crippen molar-refractivity contribution >= 4 is 22.4 Å². The third kappa shape index (κ3) is 2.88. The average molecular weight is 310 g/mol. The molecule has 0 bridgehead atoms. The average Bonchev–Trinajstić information content (AvgIpc) is 3.02. The van der Waals surface area contributed by atoms with Crippen molar-refractivity contribution in [1.82, 2.24) is 4.98 Å². The van der Waals surface area contributed by atoms with Crippen molar-refractivity contribution < 1.29 is 27.4 Å². The zero-order chi connectivity index (χ0) is 14.9. The number of esters is 1. The summed E-state index contributed by atoms with van der Waals surface area (Å²) in [7, 11) is 2.73. The number of carbonyl (C=O) groups is 1. The maximum absolute atomic E-state index is 12.6. The molecule has 0 aliphatic carbocycles. The Hall–Kier alpha value is -1.35. The fourth-order valence-electron chi connectivity index (χ4n) is 2.07. The summed E-state index contributed by atoms with van der Waals surface area (Å²) in [6.45, 7) is 0.307. The van der Waals surface area contributed by atoms with Crippen LogP contribution in [0.15, 0.2) is 5.38 Å². The summed E-state index contributed by atoms with van der Waals surface area (Å²) < 4.78 is 47.5. The van der Waals surface area contributed by atoms with Crippen molar-refractivity contribution in [3.8, 4) is 0 Å². The molecule has 0 N–H and O–H groups in total. The molecule has 2 heterocycles. The van der Waals surface area contributed by atoms with Gasteiger partial charge in [-0.05, 0) is 0 Å². The molecule has 2 rings (SSSR count). The minimum absolute atomic E-state index is 0.146. The molecule has 20 heavy (non-hydrogen) atoms. The van der Waals surface area contributed by atoms with Crippen LogP contribution >= 0.6 is 11.3 Å². The van der Waals surface area contributed by atoms with Crippen molar-refractivity contribution in [3.63, 3.8) is 0 Å². The smallest absolute Gasteiger partial charge is 0.434 e. The lowest BCUT2D eigenvalue weighted by molar-refractivity contribution is -0.142. The summed E-state index contributed by atoms with van der Waals surface area (Å²) in [5.41, 5.74) is -0.956. The van der Waals surface area contributed by atoms with Gasteiger partial charge in [-0.2, -0.15) is 13.2 Å². The van der Waals surface area contributed by atoms with Crippen LogP contribution in [0.5, 0.6) is 0 Å². The molecule has 9 heteroatoms. The Morgan fingerprint density at radius 2 is 2.20 bits per heavy atom.